The van der Waals surface area contributed by atoms with E-state index in [1.54, 1.807) is 31.3 Å². The van der Waals surface area contributed by atoms with Crippen LogP contribution in [0.4, 0.5) is 10.1 Å². The summed E-state index contributed by atoms with van der Waals surface area (Å²) in [4.78, 5) is 15.0. The summed E-state index contributed by atoms with van der Waals surface area (Å²) in [6.45, 7) is 3.12. The van der Waals surface area contributed by atoms with Crippen LogP contribution in [0.2, 0.25) is 5.02 Å². The van der Waals surface area contributed by atoms with Gasteiger partial charge in [-0.2, -0.15) is 0 Å². The molecule has 0 bridgehead atoms. The number of benzene rings is 2. The highest BCUT2D eigenvalue weighted by molar-refractivity contribution is 7.92. The minimum atomic E-state index is -3.97. The van der Waals surface area contributed by atoms with Crippen molar-refractivity contribution in [2.24, 2.45) is 0 Å². The summed E-state index contributed by atoms with van der Waals surface area (Å²) in [7, 11) is -3.97. The van der Waals surface area contributed by atoms with Gasteiger partial charge in [0.05, 0.1) is 12.3 Å². The largest absolute Gasteiger partial charge is 0.466 e. The van der Waals surface area contributed by atoms with Gasteiger partial charge in [-0.15, -0.1) is 0 Å². The van der Waals surface area contributed by atoms with Gasteiger partial charge in [0.2, 0.25) is 0 Å². The van der Waals surface area contributed by atoms with E-state index in [0.717, 1.165) is 0 Å². The highest BCUT2D eigenvalue weighted by Gasteiger charge is 2.19. The molecule has 31 heavy (non-hydrogen) atoms. The fourth-order valence-corrected chi connectivity index (χ4v) is 4.35. The zero-order valence-corrected chi connectivity index (χ0v) is 18.4. The fourth-order valence-electron chi connectivity index (χ4n) is 2.97. The van der Waals surface area contributed by atoms with Crippen LogP contribution in [0.1, 0.15) is 18.1 Å². The Morgan fingerprint density at radius 3 is 2.65 bits per heavy atom. The van der Waals surface area contributed by atoms with E-state index in [9.17, 15) is 17.6 Å². The lowest BCUT2D eigenvalue weighted by Gasteiger charge is -2.16. The third kappa shape index (κ3) is 5.80. The maximum Gasteiger partial charge on any atom is 0.302 e. The van der Waals surface area contributed by atoms with Crippen molar-refractivity contribution < 1.29 is 22.3 Å². The van der Waals surface area contributed by atoms with Crippen molar-refractivity contribution in [1.29, 1.82) is 0 Å². The van der Waals surface area contributed by atoms with Crippen LogP contribution in [0.25, 0.3) is 11.1 Å². The number of carbonyl (C=O) groups excluding carboxylic acids is 1. The number of pyridine rings is 1. The number of hydrogen-bond donors (Lipinski definition) is 1. The maximum atomic E-state index is 13.8. The van der Waals surface area contributed by atoms with Crippen LogP contribution in [0, 0.1) is 12.7 Å². The Bertz CT molecular complexity index is 1230. The summed E-state index contributed by atoms with van der Waals surface area (Å²) in [5.41, 5.74) is 2.34. The van der Waals surface area contributed by atoms with Crippen LogP contribution in [0.5, 0.6) is 0 Å². The van der Waals surface area contributed by atoms with Crippen molar-refractivity contribution in [3.05, 3.63) is 76.8 Å². The molecule has 6 nitrogen and oxygen atoms in total. The number of ether oxygens (including phenoxy) is 1. The molecule has 0 aliphatic rings. The van der Waals surface area contributed by atoms with Gasteiger partial charge in [-0.05, 0) is 53.9 Å². The van der Waals surface area contributed by atoms with Crippen molar-refractivity contribution in [3.63, 3.8) is 0 Å². The zero-order chi connectivity index (χ0) is 22.6. The lowest BCUT2D eigenvalue weighted by atomic mass is 10.0. The standard InChI is InChI=1S/C22H20ClFN2O4S/c1-14-8-19(13-25-12-14)31(28,29)26-22-10-17(6-7-30-15(2)27)21(23)11-20(22)16-4-3-5-18(24)9-16/h3-5,8-13,26H,6-7H2,1-2H3. The molecule has 0 amide bonds. The molecule has 1 N–H and O–H groups in total. The van der Waals surface area contributed by atoms with Crippen molar-refractivity contribution in [2.45, 2.75) is 25.2 Å². The maximum absolute atomic E-state index is 13.8. The second-order valence-electron chi connectivity index (χ2n) is 6.89. The van der Waals surface area contributed by atoms with Gasteiger partial charge in [0.1, 0.15) is 10.7 Å². The average molecular weight is 463 g/mol. The number of carbonyl (C=O) groups is 1. The van der Waals surface area contributed by atoms with Crippen molar-refractivity contribution in [3.8, 4) is 11.1 Å². The van der Waals surface area contributed by atoms with Gasteiger partial charge < -0.3 is 4.74 Å². The normalized spacial score (nSPS) is 11.2. The quantitative estimate of drug-likeness (QED) is 0.512. The number of esters is 1. The topological polar surface area (TPSA) is 85.4 Å². The van der Waals surface area contributed by atoms with E-state index < -0.39 is 21.8 Å². The molecule has 0 aliphatic heterocycles. The molecule has 0 unspecified atom stereocenters. The van der Waals surface area contributed by atoms with Crippen molar-refractivity contribution in [1.82, 2.24) is 4.98 Å². The summed E-state index contributed by atoms with van der Waals surface area (Å²) in [5, 5.41) is 0.339. The summed E-state index contributed by atoms with van der Waals surface area (Å²) >= 11 is 6.39. The molecular weight excluding hydrogens is 443 g/mol. The Balaban J connectivity index is 2.07. The molecule has 9 heteroatoms. The predicted molar refractivity (Wildman–Crippen MR) is 117 cm³/mol. The number of aromatic nitrogens is 1. The minimum absolute atomic E-state index is 0.00546. The van der Waals surface area contributed by atoms with E-state index in [2.05, 4.69) is 9.71 Å². The van der Waals surface area contributed by atoms with Crippen LogP contribution in [0.15, 0.2) is 59.8 Å². The number of nitrogens with zero attached hydrogens (tertiary/aromatic N) is 1. The summed E-state index contributed by atoms with van der Waals surface area (Å²) in [6.07, 6.45) is 3.07. The van der Waals surface area contributed by atoms with Crippen LogP contribution < -0.4 is 4.72 Å². The van der Waals surface area contributed by atoms with Crippen molar-refractivity contribution in [2.75, 3.05) is 11.3 Å². The molecule has 1 aromatic heterocycles. The number of nitrogens with one attached hydrogen (secondary N) is 1. The molecule has 0 radical (unpaired) electrons. The van der Waals surface area contributed by atoms with Gasteiger partial charge in [0, 0.05) is 36.3 Å². The Morgan fingerprint density at radius 1 is 1.19 bits per heavy atom. The minimum Gasteiger partial charge on any atom is -0.466 e. The molecule has 162 valence electrons. The van der Waals surface area contributed by atoms with Gasteiger partial charge in [0.25, 0.3) is 10.0 Å². The van der Waals surface area contributed by atoms with E-state index >= 15 is 0 Å². The summed E-state index contributed by atoms with van der Waals surface area (Å²) in [6, 6.07) is 10.4. The SMILES string of the molecule is CC(=O)OCCc1cc(NS(=O)(=O)c2cncc(C)c2)c(-c2cccc(F)c2)cc1Cl. The number of anilines is 1. The number of rotatable bonds is 7. The smallest absolute Gasteiger partial charge is 0.302 e. The van der Waals surface area contributed by atoms with E-state index in [1.807, 2.05) is 0 Å². The van der Waals surface area contributed by atoms with Gasteiger partial charge in [-0.25, -0.2) is 12.8 Å². The molecule has 0 aliphatic carbocycles. The summed E-state index contributed by atoms with van der Waals surface area (Å²) in [5.74, 6) is -0.898. The lowest BCUT2D eigenvalue weighted by molar-refractivity contribution is -0.140. The Kier molecular flexibility index (Phi) is 6.92. The second kappa shape index (κ2) is 9.45. The highest BCUT2D eigenvalue weighted by Crippen LogP contribution is 2.35. The molecular formula is C22H20ClFN2O4S. The lowest BCUT2D eigenvalue weighted by Crippen LogP contribution is -2.15. The van der Waals surface area contributed by atoms with E-state index in [4.69, 9.17) is 16.3 Å². The molecule has 0 saturated heterocycles. The third-order valence-electron chi connectivity index (χ3n) is 4.40. The Hall–Kier alpha value is -2.97. The van der Waals surface area contributed by atoms with E-state index in [0.29, 0.717) is 27.3 Å². The summed E-state index contributed by atoms with van der Waals surface area (Å²) < 4.78 is 47.3. The molecule has 0 saturated carbocycles. The molecule has 3 rings (SSSR count). The molecule has 3 aromatic rings. The molecule has 1 heterocycles. The van der Waals surface area contributed by atoms with Crippen LogP contribution >= 0.6 is 11.6 Å². The number of hydrogen-bond acceptors (Lipinski definition) is 5. The third-order valence-corrected chi connectivity index (χ3v) is 6.09. The highest BCUT2D eigenvalue weighted by atomic mass is 35.5. The fraction of sp³-hybridized carbons (Fsp3) is 0.182. The number of halogens is 2. The average Bonchev–Trinajstić information content (AvgIpc) is 2.69. The zero-order valence-electron chi connectivity index (χ0n) is 16.9. The Morgan fingerprint density at radius 2 is 1.97 bits per heavy atom. The van der Waals surface area contributed by atoms with Gasteiger partial charge in [-0.1, -0.05) is 23.7 Å². The molecule has 0 atom stereocenters. The molecule has 2 aromatic carbocycles. The monoisotopic (exact) mass is 462 g/mol. The number of aryl methyl sites for hydroxylation is 1. The van der Waals surface area contributed by atoms with E-state index in [1.165, 1.54) is 37.4 Å². The van der Waals surface area contributed by atoms with E-state index in [-0.39, 0.29) is 23.6 Å². The first-order valence-corrected chi connectivity index (χ1v) is 11.2. The first kappa shape index (κ1) is 22.7. The van der Waals surface area contributed by atoms with Gasteiger partial charge in [-0.3, -0.25) is 14.5 Å². The first-order chi connectivity index (χ1) is 14.7. The van der Waals surface area contributed by atoms with Crippen LogP contribution in [0.3, 0.4) is 0 Å². The van der Waals surface area contributed by atoms with Crippen molar-refractivity contribution >= 4 is 33.3 Å². The Labute approximate surface area is 185 Å². The first-order valence-electron chi connectivity index (χ1n) is 9.32. The second-order valence-corrected chi connectivity index (χ2v) is 8.98. The van der Waals surface area contributed by atoms with Crippen LogP contribution in [-0.4, -0.2) is 26.0 Å². The molecule has 0 fully saturated rings. The van der Waals surface area contributed by atoms with Crippen LogP contribution in [-0.2, 0) is 26.0 Å². The molecule has 0 spiro atoms. The predicted octanol–water partition coefficient (Wildman–Crippen LogP) is 4.76. The number of sulfonamides is 1. The van der Waals surface area contributed by atoms with Gasteiger partial charge in [0.15, 0.2) is 0 Å². The van der Waals surface area contributed by atoms with Gasteiger partial charge >= 0.3 is 5.97 Å².